The molecule has 2 aromatic carbocycles. The van der Waals surface area contributed by atoms with E-state index >= 15 is 0 Å². The van der Waals surface area contributed by atoms with Gasteiger partial charge in [-0.1, -0.05) is 41.9 Å². The summed E-state index contributed by atoms with van der Waals surface area (Å²) in [4.78, 5) is 37.3. The van der Waals surface area contributed by atoms with Gasteiger partial charge in [-0.3, -0.25) is 14.5 Å². The van der Waals surface area contributed by atoms with E-state index < -0.39 is 5.97 Å². The predicted octanol–water partition coefficient (Wildman–Crippen LogP) is 3.58. The molecule has 0 saturated carbocycles. The fourth-order valence-corrected chi connectivity index (χ4v) is 2.85. The van der Waals surface area contributed by atoms with Gasteiger partial charge in [-0.05, 0) is 36.3 Å². The zero-order valence-corrected chi connectivity index (χ0v) is 14.6. The highest BCUT2D eigenvalue weighted by molar-refractivity contribution is 6.32. The monoisotopic (exact) mass is 369 g/mol. The Hall–Kier alpha value is -2.92. The first-order valence-electron chi connectivity index (χ1n) is 8.12. The van der Waals surface area contributed by atoms with Crippen LogP contribution in [0.25, 0.3) is 6.08 Å². The maximum absolute atomic E-state index is 12.2. The van der Waals surface area contributed by atoms with Gasteiger partial charge in [-0.2, -0.15) is 0 Å². The molecule has 1 aliphatic rings. The molecule has 6 heteroatoms. The SMILES string of the molecule is O=C(/C=C/c1ccccc1Cl)OCCCN1C(=O)c2ccccc2C1=O. The third-order valence-corrected chi connectivity index (χ3v) is 4.30. The van der Waals surface area contributed by atoms with Crippen molar-refractivity contribution in [2.75, 3.05) is 13.2 Å². The van der Waals surface area contributed by atoms with Crippen molar-refractivity contribution in [1.29, 1.82) is 0 Å². The number of ether oxygens (including phenoxy) is 1. The Labute approximate surface area is 155 Å². The Bertz CT molecular complexity index is 856. The summed E-state index contributed by atoms with van der Waals surface area (Å²) >= 11 is 6.00. The van der Waals surface area contributed by atoms with Crippen molar-refractivity contribution < 1.29 is 19.1 Å². The lowest BCUT2D eigenvalue weighted by Gasteiger charge is -2.13. The molecule has 2 amide bonds. The van der Waals surface area contributed by atoms with E-state index in [4.69, 9.17) is 16.3 Å². The standard InChI is InChI=1S/C20H16ClNO4/c21-17-9-4-1-6-14(17)10-11-18(23)26-13-5-12-22-19(24)15-7-2-3-8-16(15)20(22)25/h1-4,6-11H,5,12-13H2/b11-10+. The Morgan fingerprint density at radius 1 is 1.00 bits per heavy atom. The number of fused-ring (bicyclic) bond motifs is 1. The molecule has 2 aromatic rings. The molecule has 0 fully saturated rings. The van der Waals surface area contributed by atoms with Crippen LogP contribution >= 0.6 is 11.6 Å². The highest BCUT2D eigenvalue weighted by Crippen LogP contribution is 2.22. The highest BCUT2D eigenvalue weighted by Gasteiger charge is 2.34. The quantitative estimate of drug-likeness (QED) is 0.338. The van der Waals surface area contributed by atoms with Gasteiger partial charge in [-0.15, -0.1) is 0 Å². The Kier molecular flexibility index (Phi) is 5.49. The van der Waals surface area contributed by atoms with Crippen molar-refractivity contribution in [3.05, 3.63) is 76.3 Å². The minimum absolute atomic E-state index is 0.110. The van der Waals surface area contributed by atoms with Crippen LogP contribution in [0.4, 0.5) is 0 Å². The van der Waals surface area contributed by atoms with Crippen LogP contribution in [0.5, 0.6) is 0 Å². The summed E-state index contributed by atoms with van der Waals surface area (Å²) in [6.07, 6.45) is 3.25. The van der Waals surface area contributed by atoms with E-state index in [1.165, 1.54) is 11.0 Å². The molecule has 0 atom stereocenters. The molecule has 0 saturated heterocycles. The molecule has 132 valence electrons. The minimum atomic E-state index is -0.507. The summed E-state index contributed by atoms with van der Waals surface area (Å²) in [5.41, 5.74) is 1.55. The van der Waals surface area contributed by atoms with Crippen molar-refractivity contribution in [1.82, 2.24) is 4.90 Å². The third-order valence-electron chi connectivity index (χ3n) is 3.95. The first kappa shape index (κ1) is 17.9. The van der Waals surface area contributed by atoms with Crippen LogP contribution in [-0.4, -0.2) is 35.8 Å². The average molecular weight is 370 g/mol. The fraction of sp³-hybridized carbons (Fsp3) is 0.150. The van der Waals surface area contributed by atoms with Gasteiger partial charge in [0.1, 0.15) is 0 Å². The number of hydrogen-bond acceptors (Lipinski definition) is 4. The molecule has 0 aromatic heterocycles. The summed E-state index contributed by atoms with van der Waals surface area (Å²) < 4.78 is 5.09. The number of rotatable bonds is 6. The topological polar surface area (TPSA) is 63.7 Å². The van der Waals surface area contributed by atoms with E-state index in [0.717, 1.165) is 5.56 Å². The van der Waals surface area contributed by atoms with E-state index in [9.17, 15) is 14.4 Å². The molecule has 0 bridgehead atoms. The Morgan fingerprint density at radius 2 is 1.62 bits per heavy atom. The number of esters is 1. The van der Waals surface area contributed by atoms with Crippen molar-refractivity contribution >= 4 is 35.5 Å². The number of imide groups is 1. The van der Waals surface area contributed by atoms with E-state index in [1.54, 1.807) is 48.5 Å². The van der Waals surface area contributed by atoms with Gasteiger partial charge in [0, 0.05) is 17.6 Å². The maximum atomic E-state index is 12.2. The number of carbonyl (C=O) groups excluding carboxylic acids is 3. The summed E-state index contributed by atoms with van der Waals surface area (Å²) in [6.45, 7) is 0.312. The molecule has 1 heterocycles. The second-order valence-electron chi connectivity index (χ2n) is 5.68. The summed E-state index contributed by atoms with van der Waals surface area (Å²) in [7, 11) is 0. The minimum Gasteiger partial charge on any atom is -0.462 e. The van der Waals surface area contributed by atoms with Crippen LogP contribution in [0.3, 0.4) is 0 Å². The molecule has 3 rings (SSSR count). The number of halogens is 1. The normalized spacial score (nSPS) is 13.3. The third kappa shape index (κ3) is 3.83. The van der Waals surface area contributed by atoms with Crippen LogP contribution in [0.15, 0.2) is 54.6 Å². The summed E-state index contributed by atoms with van der Waals surface area (Å²) in [6, 6.07) is 13.9. The van der Waals surface area contributed by atoms with E-state index in [2.05, 4.69) is 0 Å². The number of carbonyl (C=O) groups is 3. The zero-order valence-electron chi connectivity index (χ0n) is 13.9. The smallest absolute Gasteiger partial charge is 0.330 e. The number of benzene rings is 2. The molecule has 0 aliphatic carbocycles. The molecule has 5 nitrogen and oxygen atoms in total. The van der Waals surface area contributed by atoms with Gasteiger partial charge in [0.25, 0.3) is 11.8 Å². The van der Waals surface area contributed by atoms with Crippen molar-refractivity contribution in [2.45, 2.75) is 6.42 Å². The van der Waals surface area contributed by atoms with Gasteiger partial charge in [0.2, 0.25) is 0 Å². The molecule has 26 heavy (non-hydrogen) atoms. The van der Waals surface area contributed by atoms with Crippen LogP contribution in [0.1, 0.15) is 32.7 Å². The average Bonchev–Trinajstić information content (AvgIpc) is 2.89. The molecule has 0 unspecified atom stereocenters. The van der Waals surface area contributed by atoms with E-state index in [1.807, 2.05) is 6.07 Å². The van der Waals surface area contributed by atoms with Gasteiger partial charge in [0.15, 0.2) is 0 Å². The van der Waals surface area contributed by atoms with Crippen molar-refractivity contribution in [3.8, 4) is 0 Å². The molecule has 1 aliphatic heterocycles. The molecule has 0 N–H and O–H groups in total. The predicted molar refractivity (Wildman–Crippen MR) is 97.9 cm³/mol. The van der Waals surface area contributed by atoms with Gasteiger partial charge < -0.3 is 4.74 Å². The lowest BCUT2D eigenvalue weighted by Crippen LogP contribution is -2.31. The largest absolute Gasteiger partial charge is 0.462 e. The van der Waals surface area contributed by atoms with Gasteiger partial charge in [0.05, 0.1) is 17.7 Å². The van der Waals surface area contributed by atoms with Crippen molar-refractivity contribution in [3.63, 3.8) is 0 Å². The van der Waals surface area contributed by atoms with Gasteiger partial charge in [-0.25, -0.2) is 4.79 Å². The van der Waals surface area contributed by atoms with Crippen molar-refractivity contribution in [2.24, 2.45) is 0 Å². The van der Waals surface area contributed by atoms with E-state index in [0.29, 0.717) is 22.6 Å². The summed E-state index contributed by atoms with van der Waals surface area (Å²) in [5, 5.41) is 0.544. The first-order chi connectivity index (χ1) is 12.6. The van der Waals surface area contributed by atoms with Gasteiger partial charge >= 0.3 is 5.97 Å². The number of amides is 2. The second kappa shape index (κ2) is 7.97. The Morgan fingerprint density at radius 3 is 2.27 bits per heavy atom. The molecule has 0 spiro atoms. The molecular weight excluding hydrogens is 354 g/mol. The first-order valence-corrected chi connectivity index (χ1v) is 8.50. The maximum Gasteiger partial charge on any atom is 0.330 e. The highest BCUT2D eigenvalue weighted by atomic mass is 35.5. The Balaban J connectivity index is 1.46. The van der Waals surface area contributed by atoms with E-state index in [-0.39, 0.29) is 25.0 Å². The lowest BCUT2D eigenvalue weighted by atomic mass is 10.1. The van der Waals surface area contributed by atoms with Crippen LogP contribution in [-0.2, 0) is 9.53 Å². The zero-order chi connectivity index (χ0) is 18.5. The second-order valence-corrected chi connectivity index (χ2v) is 6.09. The lowest BCUT2D eigenvalue weighted by molar-refractivity contribution is -0.137. The number of nitrogens with zero attached hydrogens (tertiary/aromatic N) is 1. The fourth-order valence-electron chi connectivity index (χ4n) is 2.65. The van der Waals surface area contributed by atoms with Crippen LogP contribution < -0.4 is 0 Å². The molecular formula is C20H16ClNO4. The number of hydrogen-bond donors (Lipinski definition) is 0. The van der Waals surface area contributed by atoms with Crippen LogP contribution in [0.2, 0.25) is 5.02 Å². The molecule has 0 radical (unpaired) electrons. The van der Waals surface area contributed by atoms with Crippen LogP contribution in [0, 0.1) is 0 Å². The summed E-state index contributed by atoms with van der Waals surface area (Å²) in [5.74, 6) is -1.13.